The average Bonchev–Trinajstić information content (AvgIpc) is 2.02. The molecule has 0 bridgehead atoms. The van der Waals surface area contributed by atoms with E-state index in [1.165, 1.54) is 0 Å². The van der Waals surface area contributed by atoms with Crippen molar-refractivity contribution >= 4 is 11.8 Å². The standard InChI is InChI=1S/C10H19NO3/c1-4-14-10(13)6-9(12)8(11)5-7(2)3/h7-8H,4-6,11H2,1-3H3/t8-/m0/s1. The van der Waals surface area contributed by atoms with Gasteiger partial charge in [0.05, 0.1) is 12.6 Å². The summed E-state index contributed by atoms with van der Waals surface area (Å²) in [6, 6.07) is -0.542. The van der Waals surface area contributed by atoms with E-state index in [-0.39, 0.29) is 12.2 Å². The van der Waals surface area contributed by atoms with Crippen LogP contribution >= 0.6 is 0 Å². The molecule has 82 valence electrons. The van der Waals surface area contributed by atoms with E-state index >= 15 is 0 Å². The van der Waals surface area contributed by atoms with Crippen molar-refractivity contribution in [3.05, 3.63) is 0 Å². The quantitative estimate of drug-likeness (QED) is 0.511. The van der Waals surface area contributed by atoms with Crippen molar-refractivity contribution in [3.63, 3.8) is 0 Å². The van der Waals surface area contributed by atoms with E-state index in [4.69, 9.17) is 5.73 Å². The highest BCUT2D eigenvalue weighted by molar-refractivity contribution is 5.98. The molecule has 0 saturated heterocycles. The number of rotatable bonds is 6. The lowest BCUT2D eigenvalue weighted by Gasteiger charge is -2.12. The van der Waals surface area contributed by atoms with Crippen molar-refractivity contribution in [2.45, 2.75) is 39.7 Å². The van der Waals surface area contributed by atoms with E-state index in [9.17, 15) is 9.59 Å². The minimum absolute atomic E-state index is 0.207. The number of hydrogen-bond donors (Lipinski definition) is 1. The molecule has 0 spiro atoms. The number of carbonyl (C=O) groups is 2. The topological polar surface area (TPSA) is 69.4 Å². The van der Waals surface area contributed by atoms with Crippen LogP contribution in [0.15, 0.2) is 0 Å². The molecule has 0 aromatic rings. The Bertz CT molecular complexity index is 202. The number of carbonyl (C=O) groups excluding carboxylic acids is 2. The maximum absolute atomic E-state index is 11.3. The Morgan fingerprint density at radius 3 is 2.36 bits per heavy atom. The molecule has 4 heteroatoms. The molecule has 14 heavy (non-hydrogen) atoms. The third-order valence-electron chi connectivity index (χ3n) is 1.76. The summed E-state index contributed by atoms with van der Waals surface area (Å²) in [5, 5.41) is 0. The average molecular weight is 201 g/mol. The maximum Gasteiger partial charge on any atom is 0.313 e. The van der Waals surface area contributed by atoms with E-state index in [0.717, 1.165) is 0 Å². The van der Waals surface area contributed by atoms with Crippen LogP contribution in [0.1, 0.15) is 33.6 Å². The molecule has 0 heterocycles. The molecule has 0 aromatic heterocycles. The van der Waals surface area contributed by atoms with Crippen LogP contribution < -0.4 is 5.73 Å². The van der Waals surface area contributed by atoms with Crippen molar-refractivity contribution in [1.82, 2.24) is 0 Å². The Morgan fingerprint density at radius 2 is 1.93 bits per heavy atom. The van der Waals surface area contributed by atoms with Crippen molar-refractivity contribution in [1.29, 1.82) is 0 Å². The van der Waals surface area contributed by atoms with E-state index in [1.54, 1.807) is 6.92 Å². The molecule has 0 fully saturated rings. The molecule has 0 aliphatic carbocycles. The highest BCUT2D eigenvalue weighted by Gasteiger charge is 2.18. The summed E-state index contributed by atoms with van der Waals surface area (Å²) in [5.41, 5.74) is 5.61. The molecule has 0 aromatic carbocycles. The zero-order chi connectivity index (χ0) is 11.1. The lowest BCUT2D eigenvalue weighted by molar-refractivity contribution is -0.145. The first-order valence-electron chi connectivity index (χ1n) is 4.91. The third kappa shape index (κ3) is 5.70. The molecule has 4 nitrogen and oxygen atoms in total. The summed E-state index contributed by atoms with van der Waals surface area (Å²) in [7, 11) is 0. The molecule has 2 N–H and O–H groups in total. The van der Waals surface area contributed by atoms with Gasteiger partial charge in [-0.2, -0.15) is 0 Å². The van der Waals surface area contributed by atoms with Gasteiger partial charge >= 0.3 is 5.97 Å². The summed E-state index contributed by atoms with van der Waals surface area (Å²) < 4.78 is 4.65. The molecule has 0 radical (unpaired) electrons. The van der Waals surface area contributed by atoms with Crippen molar-refractivity contribution < 1.29 is 14.3 Å². The van der Waals surface area contributed by atoms with E-state index in [1.807, 2.05) is 13.8 Å². The van der Waals surface area contributed by atoms with Gasteiger partial charge in [-0.3, -0.25) is 9.59 Å². The number of ketones is 1. The van der Waals surface area contributed by atoms with Gasteiger partial charge in [0.15, 0.2) is 5.78 Å². The summed E-state index contributed by atoms with van der Waals surface area (Å²) in [5.74, 6) is -0.370. The van der Waals surface area contributed by atoms with Crippen molar-refractivity contribution in [2.75, 3.05) is 6.61 Å². The Morgan fingerprint density at radius 1 is 1.36 bits per heavy atom. The molecule has 1 atom stereocenters. The minimum Gasteiger partial charge on any atom is -0.466 e. The first-order chi connectivity index (χ1) is 6.47. The fourth-order valence-corrected chi connectivity index (χ4v) is 1.12. The van der Waals surface area contributed by atoms with Crippen LogP contribution in [0.5, 0.6) is 0 Å². The first kappa shape index (κ1) is 13.1. The van der Waals surface area contributed by atoms with Gasteiger partial charge in [0.2, 0.25) is 0 Å². The molecule has 0 amide bonds. The molecule has 0 aliphatic heterocycles. The van der Waals surface area contributed by atoms with Gasteiger partial charge in [-0.15, -0.1) is 0 Å². The van der Waals surface area contributed by atoms with Crippen LogP contribution in [0.4, 0.5) is 0 Å². The van der Waals surface area contributed by atoms with Crippen LogP contribution in [-0.2, 0) is 14.3 Å². The third-order valence-corrected chi connectivity index (χ3v) is 1.76. The first-order valence-corrected chi connectivity index (χ1v) is 4.91. The zero-order valence-corrected chi connectivity index (χ0v) is 9.08. The Kier molecular flexibility index (Phi) is 6.12. The SMILES string of the molecule is CCOC(=O)CC(=O)[C@@H](N)CC(C)C. The lowest BCUT2D eigenvalue weighted by Crippen LogP contribution is -2.33. The van der Waals surface area contributed by atoms with E-state index in [0.29, 0.717) is 18.9 Å². The van der Waals surface area contributed by atoms with Gasteiger partial charge in [0.25, 0.3) is 0 Å². The van der Waals surface area contributed by atoms with Crippen LogP contribution in [0.3, 0.4) is 0 Å². The van der Waals surface area contributed by atoms with E-state index in [2.05, 4.69) is 4.74 Å². The normalized spacial score (nSPS) is 12.6. The van der Waals surface area contributed by atoms with Gasteiger partial charge in [-0.25, -0.2) is 0 Å². The zero-order valence-electron chi connectivity index (χ0n) is 9.08. The predicted octanol–water partition coefficient (Wildman–Crippen LogP) is 0.882. The number of hydrogen-bond acceptors (Lipinski definition) is 4. The maximum atomic E-state index is 11.3. The summed E-state index contributed by atoms with van der Waals surface area (Å²) >= 11 is 0. The van der Waals surface area contributed by atoms with Gasteiger partial charge < -0.3 is 10.5 Å². The minimum atomic E-state index is -0.542. The van der Waals surface area contributed by atoms with Gasteiger partial charge in [0, 0.05) is 0 Å². The van der Waals surface area contributed by atoms with Crippen molar-refractivity contribution in [2.24, 2.45) is 11.7 Å². The number of Topliss-reactive ketones (excluding diaryl/α,β-unsaturated/α-hetero) is 1. The summed E-state index contributed by atoms with van der Waals surface area (Å²) in [6.45, 7) is 5.97. The van der Waals surface area contributed by atoms with Gasteiger partial charge in [-0.05, 0) is 19.3 Å². The Labute approximate surface area is 84.8 Å². The second kappa shape index (κ2) is 6.54. The highest BCUT2D eigenvalue weighted by Crippen LogP contribution is 2.05. The highest BCUT2D eigenvalue weighted by atomic mass is 16.5. The Balaban J connectivity index is 3.89. The molecular formula is C10H19NO3. The number of ether oxygens (including phenoxy) is 1. The predicted molar refractivity (Wildman–Crippen MR) is 53.7 cm³/mol. The van der Waals surface area contributed by atoms with Gasteiger partial charge in [0.1, 0.15) is 6.42 Å². The second-order valence-corrected chi connectivity index (χ2v) is 3.68. The monoisotopic (exact) mass is 201 g/mol. The fourth-order valence-electron chi connectivity index (χ4n) is 1.12. The van der Waals surface area contributed by atoms with E-state index < -0.39 is 12.0 Å². The molecular weight excluding hydrogens is 182 g/mol. The van der Waals surface area contributed by atoms with Crippen LogP contribution in [0.2, 0.25) is 0 Å². The molecule has 0 rings (SSSR count). The second-order valence-electron chi connectivity index (χ2n) is 3.68. The number of nitrogens with two attached hydrogens (primary N) is 1. The Hall–Kier alpha value is -0.900. The van der Waals surface area contributed by atoms with Crippen molar-refractivity contribution in [3.8, 4) is 0 Å². The van der Waals surface area contributed by atoms with Crippen LogP contribution in [-0.4, -0.2) is 24.4 Å². The molecule has 0 aliphatic rings. The van der Waals surface area contributed by atoms with Gasteiger partial charge in [-0.1, -0.05) is 13.8 Å². The van der Waals surface area contributed by atoms with Crippen LogP contribution in [0.25, 0.3) is 0 Å². The molecule has 0 saturated carbocycles. The summed E-state index contributed by atoms with van der Waals surface area (Å²) in [6.07, 6.45) is 0.403. The fraction of sp³-hybridized carbons (Fsp3) is 0.800. The largest absolute Gasteiger partial charge is 0.466 e. The molecule has 0 unspecified atom stereocenters. The summed E-state index contributed by atoms with van der Waals surface area (Å²) in [4.78, 5) is 22.3. The number of esters is 1. The lowest BCUT2D eigenvalue weighted by atomic mass is 10.00. The van der Waals surface area contributed by atoms with Crippen LogP contribution in [0, 0.1) is 5.92 Å². The smallest absolute Gasteiger partial charge is 0.313 e.